The van der Waals surface area contributed by atoms with E-state index in [1.807, 2.05) is 42.5 Å². The number of nitrogen functional groups attached to an aromatic ring is 1. The van der Waals surface area contributed by atoms with Crippen LogP contribution in [0.4, 0.5) is 11.4 Å². The van der Waals surface area contributed by atoms with Crippen LogP contribution < -0.4 is 21.6 Å². The summed E-state index contributed by atoms with van der Waals surface area (Å²) < 4.78 is 5.39. The number of para-hydroxylation sites is 1. The van der Waals surface area contributed by atoms with Crippen molar-refractivity contribution in [3.63, 3.8) is 0 Å². The fourth-order valence-electron chi connectivity index (χ4n) is 3.29. The quantitative estimate of drug-likeness (QED) is 0.396. The van der Waals surface area contributed by atoms with Crippen LogP contribution in [0.1, 0.15) is 0 Å². The zero-order valence-corrected chi connectivity index (χ0v) is 15.8. The van der Waals surface area contributed by atoms with Crippen molar-refractivity contribution in [2.75, 3.05) is 5.73 Å². The lowest BCUT2D eigenvalue weighted by Gasteiger charge is -2.27. The second-order valence-electron chi connectivity index (χ2n) is 6.30. The SMILES string of the molecule is Nc1ccccc1N=P(c1ccccc1)(c1ccccc1)c1ccccc1. The van der Waals surface area contributed by atoms with E-state index < -0.39 is 7.05 Å². The van der Waals surface area contributed by atoms with Gasteiger partial charge in [-0.15, -0.1) is 0 Å². The van der Waals surface area contributed by atoms with Gasteiger partial charge in [0.1, 0.15) is 0 Å². The van der Waals surface area contributed by atoms with Crippen LogP contribution in [0.25, 0.3) is 0 Å². The second kappa shape index (κ2) is 7.65. The molecule has 0 atom stereocenters. The summed E-state index contributed by atoms with van der Waals surface area (Å²) >= 11 is 0. The van der Waals surface area contributed by atoms with Crippen LogP contribution in [0.15, 0.2) is 120 Å². The third-order valence-electron chi connectivity index (χ3n) is 4.58. The van der Waals surface area contributed by atoms with Crippen molar-refractivity contribution in [2.45, 2.75) is 0 Å². The number of anilines is 1. The summed E-state index contributed by atoms with van der Waals surface area (Å²) in [6.45, 7) is 0. The molecule has 0 spiro atoms. The summed E-state index contributed by atoms with van der Waals surface area (Å²) in [5.74, 6) is 0. The highest BCUT2D eigenvalue weighted by Crippen LogP contribution is 2.49. The lowest BCUT2D eigenvalue weighted by atomic mass is 10.3. The molecular weight excluding hydrogens is 347 g/mol. The van der Waals surface area contributed by atoms with E-state index in [0.717, 1.165) is 5.69 Å². The van der Waals surface area contributed by atoms with Crippen LogP contribution in [0, 0.1) is 0 Å². The maximum atomic E-state index is 6.29. The molecule has 0 bridgehead atoms. The number of benzene rings is 4. The molecule has 0 radical (unpaired) electrons. The van der Waals surface area contributed by atoms with E-state index in [1.165, 1.54) is 15.9 Å². The van der Waals surface area contributed by atoms with Gasteiger partial charge in [0.15, 0.2) is 0 Å². The molecule has 4 aromatic carbocycles. The molecule has 132 valence electrons. The van der Waals surface area contributed by atoms with Gasteiger partial charge in [0.25, 0.3) is 0 Å². The van der Waals surface area contributed by atoms with Gasteiger partial charge in [-0.2, -0.15) is 0 Å². The van der Waals surface area contributed by atoms with E-state index >= 15 is 0 Å². The molecular formula is C24H21N2P. The standard InChI is InChI=1S/C24H21N2P/c25-23-18-10-11-19-24(23)26-27(20-12-4-1-5-13-20,21-14-6-2-7-15-21)22-16-8-3-9-17-22/h1-19H,25H2. The molecule has 4 rings (SSSR count). The van der Waals surface area contributed by atoms with Crippen LogP contribution in [-0.4, -0.2) is 0 Å². The van der Waals surface area contributed by atoms with Crippen molar-refractivity contribution in [3.05, 3.63) is 115 Å². The molecule has 2 N–H and O–H groups in total. The highest BCUT2D eigenvalue weighted by molar-refractivity contribution is 7.87. The predicted octanol–water partition coefficient (Wildman–Crippen LogP) is 5.08. The maximum absolute atomic E-state index is 6.29. The van der Waals surface area contributed by atoms with Crippen LogP contribution in [0.2, 0.25) is 0 Å². The minimum Gasteiger partial charge on any atom is -0.397 e. The Hall–Kier alpha value is -3.09. The summed E-state index contributed by atoms with van der Waals surface area (Å²) in [5.41, 5.74) is 7.82. The topological polar surface area (TPSA) is 38.4 Å². The van der Waals surface area contributed by atoms with Gasteiger partial charge in [-0.05, 0) is 12.1 Å². The van der Waals surface area contributed by atoms with Crippen molar-refractivity contribution in [1.29, 1.82) is 0 Å². The largest absolute Gasteiger partial charge is 0.397 e. The Balaban J connectivity index is 2.15. The monoisotopic (exact) mass is 368 g/mol. The fraction of sp³-hybridized carbons (Fsp3) is 0. The van der Waals surface area contributed by atoms with E-state index in [1.54, 1.807) is 0 Å². The number of hydrogen-bond acceptors (Lipinski definition) is 2. The molecule has 2 nitrogen and oxygen atoms in total. The Labute approximate surface area is 160 Å². The van der Waals surface area contributed by atoms with Crippen molar-refractivity contribution < 1.29 is 0 Å². The van der Waals surface area contributed by atoms with Crippen LogP contribution in [-0.2, 0) is 0 Å². The number of rotatable bonds is 4. The number of nitrogens with zero attached hydrogens (tertiary/aromatic N) is 1. The van der Waals surface area contributed by atoms with E-state index in [0.29, 0.717) is 5.69 Å². The first-order valence-corrected chi connectivity index (χ1v) is 10.7. The third-order valence-corrected chi connectivity index (χ3v) is 8.24. The van der Waals surface area contributed by atoms with Gasteiger partial charge in [-0.1, -0.05) is 103 Å². The van der Waals surface area contributed by atoms with E-state index in [-0.39, 0.29) is 0 Å². The van der Waals surface area contributed by atoms with Gasteiger partial charge in [0, 0.05) is 15.9 Å². The molecule has 27 heavy (non-hydrogen) atoms. The van der Waals surface area contributed by atoms with Crippen molar-refractivity contribution >= 4 is 34.3 Å². The predicted molar refractivity (Wildman–Crippen MR) is 118 cm³/mol. The third kappa shape index (κ3) is 3.32. The highest BCUT2D eigenvalue weighted by atomic mass is 31.2. The summed E-state index contributed by atoms with van der Waals surface area (Å²) in [7, 11) is -2.26. The molecule has 0 saturated carbocycles. The summed E-state index contributed by atoms with van der Waals surface area (Å²) in [6.07, 6.45) is 0. The van der Waals surface area contributed by atoms with Gasteiger partial charge < -0.3 is 5.73 Å². The lowest BCUT2D eigenvalue weighted by molar-refractivity contribution is 1.54. The Kier molecular flexibility index (Phi) is 4.91. The van der Waals surface area contributed by atoms with Gasteiger partial charge in [-0.25, -0.2) is 0 Å². The maximum Gasteiger partial charge on any atom is 0.0854 e. The van der Waals surface area contributed by atoms with Gasteiger partial charge in [0.05, 0.1) is 18.4 Å². The van der Waals surface area contributed by atoms with Gasteiger partial charge in [-0.3, -0.25) is 4.74 Å². The zero-order valence-electron chi connectivity index (χ0n) is 14.9. The average Bonchev–Trinajstić information content (AvgIpc) is 2.75. The molecule has 0 aromatic heterocycles. The molecule has 4 aromatic rings. The minimum absolute atomic E-state index is 0.699. The molecule has 0 heterocycles. The van der Waals surface area contributed by atoms with E-state index in [9.17, 15) is 0 Å². The molecule has 0 fully saturated rings. The van der Waals surface area contributed by atoms with Crippen LogP contribution >= 0.6 is 7.05 Å². The molecule has 0 unspecified atom stereocenters. The Morgan fingerprint density at radius 1 is 0.481 bits per heavy atom. The molecule has 0 aliphatic heterocycles. The van der Waals surface area contributed by atoms with Gasteiger partial charge >= 0.3 is 0 Å². The molecule has 0 aliphatic rings. The summed E-state index contributed by atoms with van der Waals surface area (Å²) in [4.78, 5) is 0. The fourth-order valence-corrected chi connectivity index (χ4v) is 6.85. The van der Waals surface area contributed by atoms with E-state index in [2.05, 4.69) is 72.8 Å². The average molecular weight is 368 g/mol. The molecule has 0 amide bonds. The Morgan fingerprint density at radius 3 is 1.26 bits per heavy atom. The smallest absolute Gasteiger partial charge is 0.0854 e. The van der Waals surface area contributed by atoms with Crippen molar-refractivity contribution in [1.82, 2.24) is 0 Å². The summed E-state index contributed by atoms with van der Waals surface area (Å²) in [6, 6.07) is 39.5. The lowest BCUT2D eigenvalue weighted by Crippen LogP contribution is -2.25. The first kappa shape index (κ1) is 17.3. The Morgan fingerprint density at radius 2 is 0.852 bits per heavy atom. The number of nitrogens with two attached hydrogens (primary N) is 1. The van der Waals surface area contributed by atoms with Crippen molar-refractivity contribution in [3.8, 4) is 0 Å². The molecule has 0 aliphatic carbocycles. The number of hydrogen-bond donors (Lipinski definition) is 1. The normalized spacial score (nSPS) is 11.1. The van der Waals surface area contributed by atoms with Gasteiger partial charge in [0.2, 0.25) is 0 Å². The van der Waals surface area contributed by atoms with Crippen LogP contribution in [0.3, 0.4) is 0 Å². The minimum atomic E-state index is -2.26. The van der Waals surface area contributed by atoms with Crippen molar-refractivity contribution in [2.24, 2.45) is 4.74 Å². The highest BCUT2D eigenvalue weighted by Gasteiger charge is 2.27. The van der Waals surface area contributed by atoms with Crippen LogP contribution in [0.5, 0.6) is 0 Å². The Bertz CT molecular complexity index is 971. The molecule has 0 saturated heterocycles. The molecule has 3 heteroatoms. The zero-order chi connectivity index (χ0) is 18.5. The summed E-state index contributed by atoms with van der Waals surface area (Å²) in [5, 5.41) is 3.64. The first-order valence-electron chi connectivity index (χ1n) is 8.94. The van der Waals surface area contributed by atoms with E-state index in [4.69, 9.17) is 10.5 Å². The second-order valence-corrected chi connectivity index (χ2v) is 9.32. The first-order chi connectivity index (χ1) is 13.3.